The molecule has 11 nitrogen and oxygen atoms in total. The van der Waals surface area contributed by atoms with Crippen LogP contribution in [-0.4, -0.2) is 62.4 Å². The van der Waals surface area contributed by atoms with Gasteiger partial charge in [-0.2, -0.15) is 25.6 Å². The zero-order valence-electron chi connectivity index (χ0n) is 17.9. The zero-order valence-corrected chi connectivity index (χ0v) is 19.5. The number of hydrogen-bond acceptors (Lipinski definition) is 10. The molecule has 0 aromatic heterocycles. The second kappa shape index (κ2) is 7.27. The predicted molar refractivity (Wildman–Crippen MR) is 113 cm³/mol. The van der Waals surface area contributed by atoms with Gasteiger partial charge in [0.2, 0.25) is 0 Å². The van der Waals surface area contributed by atoms with Crippen molar-refractivity contribution >= 4 is 48.8 Å². The van der Waals surface area contributed by atoms with Crippen molar-refractivity contribution in [2.75, 3.05) is 0 Å². The van der Waals surface area contributed by atoms with Crippen molar-refractivity contribution in [3.8, 4) is 0 Å². The molecule has 6 rings (SSSR count). The number of ether oxygens (including phenoxy) is 1. The fraction of sp³-hybridized carbons (Fsp3) is 0.381. The normalized spacial score (nSPS) is 30.3. The lowest BCUT2D eigenvalue weighted by molar-refractivity contribution is -0.170. The summed E-state index contributed by atoms with van der Waals surface area (Å²) < 4.78 is 92.9. The topological polar surface area (TPSA) is 150 Å². The molecule has 190 valence electrons. The van der Waals surface area contributed by atoms with E-state index in [9.17, 15) is 40.0 Å². The van der Waals surface area contributed by atoms with Crippen LogP contribution >= 0.6 is 0 Å². The van der Waals surface area contributed by atoms with Crippen LogP contribution < -0.4 is 0 Å². The number of halogens is 2. The van der Waals surface area contributed by atoms with E-state index >= 15 is 0 Å². The molecular weight excluding hydrogens is 528 g/mol. The molecule has 3 fully saturated rings. The van der Waals surface area contributed by atoms with Crippen LogP contribution in [0, 0.1) is 11.8 Å². The van der Waals surface area contributed by atoms with Gasteiger partial charge in [0.25, 0.3) is 21.9 Å². The van der Waals surface area contributed by atoms with Crippen LogP contribution in [0.15, 0.2) is 36.4 Å². The lowest BCUT2D eigenvalue weighted by Gasteiger charge is -2.28. The average Bonchev–Trinajstić information content (AvgIpc) is 3.42. The Morgan fingerprint density at radius 1 is 1.06 bits per heavy atom. The molecule has 2 aliphatic heterocycles. The van der Waals surface area contributed by atoms with E-state index in [1.807, 2.05) is 0 Å². The lowest BCUT2D eigenvalue weighted by atomic mass is 9.95. The molecule has 2 aliphatic carbocycles. The summed E-state index contributed by atoms with van der Waals surface area (Å²) in [5.41, 5.74) is -0.349. The van der Waals surface area contributed by atoms with E-state index in [1.54, 1.807) is 12.1 Å². The average molecular weight is 543 g/mol. The highest BCUT2D eigenvalue weighted by atomic mass is 32.2. The number of carbonyl (C=O) groups excluding carboxylic acids is 3. The van der Waals surface area contributed by atoms with Gasteiger partial charge in [0.15, 0.2) is 0 Å². The van der Waals surface area contributed by atoms with Crippen LogP contribution in [0.1, 0.15) is 33.6 Å². The third-order valence-electron chi connectivity index (χ3n) is 7.09. The number of fused-ring (bicyclic) bond motifs is 1. The highest BCUT2D eigenvalue weighted by Crippen LogP contribution is 2.55. The summed E-state index contributed by atoms with van der Waals surface area (Å²) in [6.45, 7) is 0. The molecule has 15 heteroatoms. The number of hydrogen-bond donors (Lipinski definition) is 0. The quantitative estimate of drug-likeness (QED) is 0.307. The van der Waals surface area contributed by atoms with Crippen molar-refractivity contribution in [1.82, 2.24) is 5.06 Å². The van der Waals surface area contributed by atoms with Crippen molar-refractivity contribution in [3.05, 3.63) is 47.5 Å². The smallest absolute Gasteiger partial charge is 0.455 e. The van der Waals surface area contributed by atoms with Crippen molar-refractivity contribution in [1.29, 1.82) is 0 Å². The highest BCUT2D eigenvalue weighted by Gasteiger charge is 2.68. The minimum absolute atomic E-state index is 0.148. The highest BCUT2D eigenvalue weighted by molar-refractivity contribution is 7.88. The number of nitrogens with zero attached hydrogens (tertiary/aromatic N) is 1. The van der Waals surface area contributed by atoms with Crippen molar-refractivity contribution < 1.29 is 53.2 Å². The van der Waals surface area contributed by atoms with Gasteiger partial charge in [-0.3, -0.25) is 13.8 Å². The summed E-state index contributed by atoms with van der Waals surface area (Å²) >= 11 is 0. The van der Waals surface area contributed by atoms with Crippen LogP contribution in [0.5, 0.6) is 0 Å². The Morgan fingerprint density at radius 3 is 2.28 bits per heavy atom. The first-order chi connectivity index (χ1) is 16.8. The molecule has 4 aliphatic rings. The largest absolute Gasteiger partial charge is 0.467 e. The number of carbonyl (C=O) groups is 3. The van der Waals surface area contributed by atoms with E-state index in [2.05, 4.69) is 4.28 Å². The molecular formula is C21H15F2NO10S2. The van der Waals surface area contributed by atoms with E-state index in [0.717, 1.165) is 0 Å². The van der Waals surface area contributed by atoms with Crippen molar-refractivity contribution in [2.45, 2.75) is 35.6 Å². The van der Waals surface area contributed by atoms with Gasteiger partial charge in [0.1, 0.15) is 11.4 Å². The molecule has 2 amide bonds. The monoisotopic (exact) mass is 543 g/mol. The van der Waals surface area contributed by atoms with Gasteiger partial charge in [-0.15, -0.1) is 9.35 Å². The minimum atomic E-state index is -6.30. The maximum atomic E-state index is 14.8. The van der Waals surface area contributed by atoms with Gasteiger partial charge in [-0.05, 0) is 30.4 Å². The summed E-state index contributed by atoms with van der Waals surface area (Å²) in [7, 11) is -10.5. The molecule has 2 aromatic rings. The van der Waals surface area contributed by atoms with Gasteiger partial charge < -0.3 is 4.74 Å². The fourth-order valence-electron chi connectivity index (χ4n) is 5.60. The SMILES string of the molecule is O=C1c2cccc3cccc(c23)C(=O)N1OS(=O)(=O)C(F)(F)C(=O)OC1C2CC3OS(=O)(=O)C1C3C2. The number of benzene rings is 2. The summed E-state index contributed by atoms with van der Waals surface area (Å²) in [4.78, 5) is 37.9. The first-order valence-corrected chi connectivity index (χ1v) is 13.6. The Labute approximate surface area is 202 Å². The van der Waals surface area contributed by atoms with Crippen LogP contribution in [0.3, 0.4) is 0 Å². The van der Waals surface area contributed by atoms with Crippen LogP contribution in [0.2, 0.25) is 0 Å². The molecule has 2 bridgehead atoms. The van der Waals surface area contributed by atoms with Gasteiger partial charge in [-0.25, -0.2) is 4.79 Å². The summed E-state index contributed by atoms with van der Waals surface area (Å²) in [5.74, 6) is -6.40. The van der Waals surface area contributed by atoms with E-state index in [-0.39, 0.29) is 34.4 Å². The Hall–Kier alpha value is -3.01. The van der Waals surface area contributed by atoms with E-state index in [1.165, 1.54) is 24.3 Å². The Bertz CT molecular complexity index is 1540. The van der Waals surface area contributed by atoms with Gasteiger partial charge in [0, 0.05) is 17.2 Å². The minimum Gasteiger partial charge on any atom is -0.455 e. The summed E-state index contributed by atoms with van der Waals surface area (Å²) in [6.07, 6.45) is -1.76. The van der Waals surface area contributed by atoms with Crippen LogP contribution in [0.25, 0.3) is 10.8 Å². The van der Waals surface area contributed by atoms with E-state index in [0.29, 0.717) is 5.39 Å². The maximum absolute atomic E-state index is 14.8. The van der Waals surface area contributed by atoms with E-state index < -0.39 is 72.6 Å². The first kappa shape index (κ1) is 23.4. The second-order valence-electron chi connectivity index (χ2n) is 9.02. The third-order valence-corrected chi connectivity index (χ3v) is 10.0. The molecule has 0 N–H and O–H groups in total. The van der Waals surface area contributed by atoms with Gasteiger partial charge >= 0.3 is 21.3 Å². The summed E-state index contributed by atoms with van der Waals surface area (Å²) in [5, 5.41) is -6.45. The molecule has 5 unspecified atom stereocenters. The van der Waals surface area contributed by atoms with Crippen LogP contribution in [0.4, 0.5) is 8.78 Å². The van der Waals surface area contributed by atoms with Crippen molar-refractivity contribution in [3.63, 3.8) is 0 Å². The summed E-state index contributed by atoms with van der Waals surface area (Å²) in [6, 6.07) is 8.56. The molecule has 5 atom stereocenters. The number of alkyl halides is 2. The molecule has 1 saturated heterocycles. The number of amides is 2. The third kappa shape index (κ3) is 3.02. The zero-order chi connectivity index (χ0) is 25.8. The van der Waals surface area contributed by atoms with Gasteiger partial charge in [-0.1, -0.05) is 24.3 Å². The number of imide groups is 1. The van der Waals surface area contributed by atoms with Gasteiger partial charge in [0.05, 0.1) is 17.2 Å². The molecule has 36 heavy (non-hydrogen) atoms. The molecule has 2 heterocycles. The number of esters is 1. The van der Waals surface area contributed by atoms with Crippen molar-refractivity contribution in [2.24, 2.45) is 11.8 Å². The van der Waals surface area contributed by atoms with Crippen LogP contribution in [-0.2, 0) is 38.2 Å². The predicted octanol–water partition coefficient (Wildman–Crippen LogP) is 1.34. The number of hydroxylamine groups is 2. The maximum Gasteiger partial charge on any atom is 0.467 e. The first-order valence-electron chi connectivity index (χ1n) is 10.7. The standard InChI is InChI=1S/C21H15F2NO10S2/c22-21(23,20(27)32-16-10-7-13-14(8-10)33-35(28,29)17(13)16)36(30,31)34-24-18(25)11-5-1-3-9-4-2-6-12(15(9)11)19(24)26/h1-6,10,13-14,16-17H,7-8H2. The Morgan fingerprint density at radius 2 is 1.67 bits per heavy atom. The Balaban J connectivity index is 1.26. The lowest BCUT2D eigenvalue weighted by Crippen LogP contribution is -2.50. The molecule has 2 aromatic carbocycles. The molecule has 0 radical (unpaired) electrons. The number of rotatable bonds is 5. The fourth-order valence-corrected chi connectivity index (χ4v) is 8.29. The Kier molecular flexibility index (Phi) is 4.73. The van der Waals surface area contributed by atoms with E-state index in [4.69, 9.17) is 8.92 Å². The second-order valence-corrected chi connectivity index (χ2v) is 12.3. The molecule has 0 spiro atoms. The molecule has 2 saturated carbocycles.